The van der Waals surface area contributed by atoms with Gasteiger partial charge in [-0.15, -0.1) is 0 Å². The van der Waals surface area contributed by atoms with Gasteiger partial charge in [-0.25, -0.2) is 0 Å². The molecule has 2 unspecified atom stereocenters. The molecule has 5 heteroatoms. The SMILES string of the molecule is C/C=N\C(I)N1COC2CC(CC/C(C)=N\C)=CC[C@H]2C1. The Morgan fingerprint density at radius 3 is 3.14 bits per heavy atom. The van der Waals surface area contributed by atoms with Gasteiger partial charge in [0.1, 0.15) is 6.73 Å². The van der Waals surface area contributed by atoms with E-state index in [1.807, 2.05) is 20.2 Å². The van der Waals surface area contributed by atoms with Crippen molar-refractivity contribution in [2.24, 2.45) is 15.9 Å². The van der Waals surface area contributed by atoms with Crippen LogP contribution in [0.5, 0.6) is 0 Å². The van der Waals surface area contributed by atoms with Gasteiger partial charge in [0.2, 0.25) is 0 Å². The number of fused-ring (bicyclic) bond motifs is 1. The van der Waals surface area contributed by atoms with E-state index in [1.165, 1.54) is 5.71 Å². The van der Waals surface area contributed by atoms with Gasteiger partial charge in [0.15, 0.2) is 4.17 Å². The average molecular weight is 403 g/mol. The third-order valence-electron chi connectivity index (χ3n) is 4.38. The van der Waals surface area contributed by atoms with Gasteiger partial charge >= 0.3 is 0 Å². The zero-order valence-corrected chi connectivity index (χ0v) is 15.4. The smallest absolute Gasteiger partial charge is 0.155 e. The third-order valence-corrected chi connectivity index (χ3v) is 5.49. The number of hydrogen-bond donors (Lipinski definition) is 0. The lowest BCUT2D eigenvalue weighted by Gasteiger charge is -2.41. The predicted molar refractivity (Wildman–Crippen MR) is 97.5 cm³/mol. The summed E-state index contributed by atoms with van der Waals surface area (Å²) in [5.41, 5.74) is 2.78. The van der Waals surface area contributed by atoms with Crippen LogP contribution in [-0.4, -0.2) is 47.4 Å². The molecule has 0 N–H and O–H groups in total. The number of rotatable bonds is 5. The molecule has 4 nitrogen and oxygen atoms in total. The van der Waals surface area contributed by atoms with E-state index in [9.17, 15) is 0 Å². The Balaban J connectivity index is 1.87. The Kier molecular flexibility index (Phi) is 6.82. The minimum Gasteiger partial charge on any atom is -0.362 e. The second kappa shape index (κ2) is 8.39. The van der Waals surface area contributed by atoms with Crippen LogP contribution >= 0.6 is 22.6 Å². The van der Waals surface area contributed by atoms with Crippen LogP contribution in [0, 0.1) is 5.92 Å². The van der Waals surface area contributed by atoms with E-state index in [4.69, 9.17) is 4.74 Å². The number of ether oxygens (including phenoxy) is 1. The van der Waals surface area contributed by atoms with Crippen molar-refractivity contribution in [2.45, 2.75) is 49.8 Å². The second-order valence-corrected chi connectivity index (χ2v) is 6.96. The van der Waals surface area contributed by atoms with Crippen LogP contribution in [0.1, 0.15) is 39.5 Å². The topological polar surface area (TPSA) is 37.2 Å². The molecule has 0 spiro atoms. The molecule has 0 bridgehead atoms. The van der Waals surface area contributed by atoms with Gasteiger partial charge in [-0.2, -0.15) is 0 Å². The van der Waals surface area contributed by atoms with Crippen molar-refractivity contribution in [3.63, 3.8) is 0 Å². The molecule has 1 aliphatic carbocycles. The molecule has 118 valence electrons. The van der Waals surface area contributed by atoms with Crippen LogP contribution in [0.4, 0.5) is 0 Å². The summed E-state index contributed by atoms with van der Waals surface area (Å²) in [6.07, 6.45) is 9.15. The first-order valence-corrected chi connectivity index (χ1v) is 8.96. The molecule has 0 amide bonds. The maximum Gasteiger partial charge on any atom is 0.155 e. The van der Waals surface area contributed by atoms with Crippen molar-refractivity contribution in [1.29, 1.82) is 0 Å². The molecule has 2 aliphatic rings. The van der Waals surface area contributed by atoms with Gasteiger partial charge in [-0.1, -0.05) is 11.6 Å². The summed E-state index contributed by atoms with van der Waals surface area (Å²) in [5.74, 6) is 0.618. The highest BCUT2D eigenvalue weighted by Crippen LogP contribution is 2.33. The summed E-state index contributed by atoms with van der Waals surface area (Å²) in [7, 11) is 1.87. The van der Waals surface area contributed by atoms with Crippen LogP contribution < -0.4 is 0 Å². The van der Waals surface area contributed by atoms with Crippen molar-refractivity contribution in [3.05, 3.63) is 11.6 Å². The lowest BCUT2D eigenvalue weighted by molar-refractivity contribution is -0.105. The number of hydrogen-bond acceptors (Lipinski definition) is 4. The summed E-state index contributed by atoms with van der Waals surface area (Å²) in [5, 5.41) is 0. The lowest BCUT2D eigenvalue weighted by atomic mass is 9.84. The van der Waals surface area contributed by atoms with Gasteiger partial charge in [0.05, 0.1) is 6.10 Å². The molecule has 21 heavy (non-hydrogen) atoms. The number of nitrogens with zero attached hydrogens (tertiary/aromatic N) is 3. The van der Waals surface area contributed by atoms with Gasteiger partial charge in [-0.05, 0) is 68.3 Å². The van der Waals surface area contributed by atoms with Crippen molar-refractivity contribution in [3.8, 4) is 0 Å². The fourth-order valence-electron chi connectivity index (χ4n) is 2.93. The molecule has 0 aromatic rings. The van der Waals surface area contributed by atoms with E-state index in [-0.39, 0.29) is 4.17 Å². The highest BCUT2D eigenvalue weighted by atomic mass is 127. The zero-order chi connectivity index (χ0) is 15.2. The molecular formula is C16H26IN3O. The first-order valence-electron chi connectivity index (χ1n) is 7.71. The fourth-order valence-corrected chi connectivity index (χ4v) is 3.64. The van der Waals surface area contributed by atoms with Crippen LogP contribution in [0.2, 0.25) is 0 Å². The normalized spacial score (nSPS) is 29.3. The molecule has 0 aromatic heterocycles. The molecule has 0 aromatic carbocycles. The van der Waals surface area contributed by atoms with Crippen LogP contribution in [0.3, 0.4) is 0 Å². The van der Waals surface area contributed by atoms with Crippen LogP contribution in [0.25, 0.3) is 0 Å². The largest absolute Gasteiger partial charge is 0.362 e. The lowest BCUT2D eigenvalue weighted by Crippen LogP contribution is -2.48. The number of halogens is 1. The van der Waals surface area contributed by atoms with Crippen molar-refractivity contribution in [2.75, 3.05) is 20.3 Å². The Bertz CT molecular complexity index is 433. The zero-order valence-electron chi connectivity index (χ0n) is 13.3. The van der Waals surface area contributed by atoms with E-state index < -0.39 is 0 Å². The molecular weight excluding hydrogens is 377 g/mol. The third kappa shape index (κ3) is 4.86. The molecule has 1 fully saturated rings. The monoisotopic (exact) mass is 403 g/mol. The van der Waals surface area contributed by atoms with E-state index in [0.29, 0.717) is 18.8 Å². The molecule has 0 saturated carbocycles. The first-order chi connectivity index (χ1) is 10.1. The minimum atomic E-state index is 0.197. The summed E-state index contributed by atoms with van der Waals surface area (Å²) in [6, 6.07) is 0. The molecule has 1 saturated heterocycles. The van der Waals surface area contributed by atoms with Gasteiger partial charge in [0, 0.05) is 25.2 Å². The van der Waals surface area contributed by atoms with E-state index in [1.54, 1.807) is 5.57 Å². The Morgan fingerprint density at radius 1 is 1.62 bits per heavy atom. The minimum absolute atomic E-state index is 0.197. The molecule has 3 atom stereocenters. The molecule has 1 heterocycles. The average Bonchev–Trinajstić information content (AvgIpc) is 2.52. The second-order valence-electron chi connectivity index (χ2n) is 5.84. The number of alkyl halides is 1. The number of aliphatic imine (C=N–C) groups is 2. The highest BCUT2D eigenvalue weighted by molar-refractivity contribution is 14.1. The Hall–Kier alpha value is -0.270. The van der Waals surface area contributed by atoms with E-state index in [0.717, 1.165) is 32.2 Å². The summed E-state index contributed by atoms with van der Waals surface area (Å²) in [6.45, 7) is 5.87. The standard InChI is InChI=1S/C16H26IN3O/c1-4-19-16(17)20-10-14-8-7-13(6-5-12(2)18-3)9-15(14)21-11-20/h4,7,14-16H,5-6,8-11H2,1-3H3/b18-12-,19-4-/t14-,15?,16?/m0/s1. The van der Waals surface area contributed by atoms with Gasteiger partial charge in [-0.3, -0.25) is 14.9 Å². The van der Waals surface area contributed by atoms with Crippen LogP contribution in [-0.2, 0) is 4.74 Å². The highest BCUT2D eigenvalue weighted by Gasteiger charge is 2.34. The quantitative estimate of drug-likeness (QED) is 0.231. The van der Waals surface area contributed by atoms with Crippen molar-refractivity contribution in [1.82, 2.24) is 4.90 Å². The van der Waals surface area contributed by atoms with Gasteiger partial charge in [0.25, 0.3) is 0 Å². The maximum atomic E-state index is 6.10. The summed E-state index contributed by atoms with van der Waals surface area (Å²) < 4.78 is 6.30. The summed E-state index contributed by atoms with van der Waals surface area (Å²) in [4.78, 5) is 11.0. The number of allylic oxidation sites excluding steroid dienone is 1. The van der Waals surface area contributed by atoms with Crippen LogP contribution in [0.15, 0.2) is 21.6 Å². The van der Waals surface area contributed by atoms with Crippen molar-refractivity contribution < 1.29 is 4.74 Å². The first kappa shape index (κ1) is 17.1. The molecule has 1 aliphatic heterocycles. The van der Waals surface area contributed by atoms with E-state index >= 15 is 0 Å². The van der Waals surface area contributed by atoms with Crippen molar-refractivity contribution >= 4 is 34.5 Å². The maximum absolute atomic E-state index is 6.10. The molecule has 0 radical (unpaired) electrons. The summed E-state index contributed by atoms with van der Waals surface area (Å²) >= 11 is 2.37. The predicted octanol–water partition coefficient (Wildman–Crippen LogP) is 3.66. The van der Waals surface area contributed by atoms with E-state index in [2.05, 4.69) is 50.5 Å². The molecule has 2 rings (SSSR count). The fraction of sp³-hybridized carbons (Fsp3) is 0.750. The Morgan fingerprint density at radius 2 is 2.43 bits per heavy atom. The Labute approximate surface area is 141 Å². The van der Waals surface area contributed by atoms with Gasteiger partial charge < -0.3 is 4.74 Å².